The Bertz CT molecular complexity index is 1610. The van der Waals surface area contributed by atoms with Crippen LogP contribution in [0.2, 0.25) is 0 Å². The van der Waals surface area contributed by atoms with Crippen LogP contribution in [0.15, 0.2) is 54.6 Å². The first kappa shape index (κ1) is 28.9. The van der Waals surface area contributed by atoms with Crippen molar-refractivity contribution in [2.45, 2.75) is 37.9 Å². The van der Waals surface area contributed by atoms with Gasteiger partial charge in [-0.15, -0.1) is 0 Å². The maximum Gasteiger partial charge on any atom is 0.416 e. The normalized spacial score (nSPS) is 16.5. The topological polar surface area (TPSA) is 104 Å². The van der Waals surface area contributed by atoms with Crippen molar-refractivity contribution < 1.29 is 18.0 Å². The number of likely N-dealkylation sites (N-methyl/N-ethyl adjacent to an activating group) is 1. The number of carbonyl (C=O) groups excluding carboxylic acids is 1. The van der Waals surface area contributed by atoms with Gasteiger partial charge in [0.2, 0.25) is 0 Å². The Kier molecular flexibility index (Phi) is 7.97. The molecule has 0 unspecified atom stereocenters. The number of carbonyl (C=O) groups is 1. The van der Waals surface area contributed by atoms with Crippen LogP contribution in [0.1, 0.15) is 36.4 Å². The van der Waals surface area contributed by atoms with E-state index in [4.69, 9.17) is 10.7 Å². The molecule has 4 aromatic rings. The van der Waals surface area contributed by atoms with Crippen molar-refractivity contribution >= 4 is 34.3 Å². The highest BCUT2D eigenvalue weighted by Gasteiger charge is 2.31. The molecule has 0 radical (unpaired) electrons. The summed E-state index contributed by atoms with van der Waals surface area (Å²) in [6, 6.07) is 13.2. The summed E-state index contributed by atoms with van der Waals surface area (Å²) in [7, 11) is 2.15. The number of anilines is 3. The first-order chi connectivity index (χ1) is 20.6. The molecule has 9 nitrogen and oxygen atoms in total. The van der Waals surface area contributed by atoms with Crippen molar-refractivity contribution in [3.63, 3.8) is 0 Å². The van der Waals surface area contributed by atoms with Crippen LogP contribution in [-0.2, 0) is 12.7 Å². The van der Waals surface area contributed by atoms with Gasteiger partial charge in [-0.05, 0) is 73.8 Å². The van der Waals surface area contributed by atoms with Crippen molar-refractivity contribution in [2.75, 3.05) is 56.1 Å². The number of alkyl halides is 3. The Morgan fingerprint density at radius 2 is 1.70 bits per heavy atom. The first-order valence-corrected chi connectivity index (χ1v) is 14.6. The molecular formula is C31H35F3N8O. The van der Waals surface area contributed by atoms with Gasteiger partial charge in [-0.25, -0.2) is 14.5 Å². The number of benzene rings is 2. The van der Waals surface area contributed by atoms with Gasteiger partial charge in [0, 0.05) is 62.3 Å². The van der Waals surface area contributed by atoms with Gasteiger partial charge in [0.25, 0.3) is 0 Å². The number of fused-ring (bicyclic) bond motifs is 1. The van der Waals surface area contributed by atoms with E-state index in [0.29, 0.717) is 17.4 Å². The summed E-state index contributed by atoms with van der Waals surface area (Å²) in [5.41, 5.74) is 9.85. The molecule has 0 atom stereocenters. The average molecular weight is 593 g/mol. The van der Waals surface area contributed by atoms with Gasteiger partial charge in [0.05, 0.1) is 10.9 Å². The van der Waals surface area contributed by atoms with E-state index in [-0.39, 0.29) is 5.69 Å². The quantitative estimate of drug-likeness (QED) is 0.237. The van der Waals surface area contributed by atoms with E-state index in [9.17, 15) is 18.0 Å². The molecule has 0 bridgehead atoms. The highest BCUT2D eigenvalue weighted by molar-refractivity contribution is 6.02. The lowest BCUT2D eigenvalue weighted by molar-refractivity contribution is -0.137. The molecule has 4 N–H and O–H groups in total. The van der Waals surface area contributed by atoms with E-state index in [2.05, 4.69) is 38.6 Å². The third-order valence-corrected chi connectivity index (χ3v) is 8.09. The minimum atomic E-state index is -4.49. The molecule has 2 amide bonds. The van der Waals surface area contributed by atoms with Crippen molar-refractivity contribution in [3.8, 4) is 11.1 Å². The number of hydrogen-bond donors (Lipinski definition) is 3. The summed E-state index contributed by atoms with van der Waals surface area (Å²) < 4.78 is 41.0. The molecule has 2 aromatic carbocycles. The fourth-order valence-electron chi connectivity index (χ4n) is 5.50. The number of aryl methyl sites for hydroxylation is 1. The van der Waals surface area contributed by atoms with Crippen molar-refractivity contribution in [3.05, 3.63) is 65.9 Å². The van der Waals surface area contributed by atoms with Crippen LogP contribution in [0.25, 0.3) is 22.2 Å². The number of aromatic nitrogens is 3. The number of nitrogens with zero attached hydrogens (tertiary/aromatic N) is 5. The molecule has 43 heavy (non-hydrogen) atoms. The van der Waals surface area contributed by atoms with Gasteiger partial charge in [0.15, 0.2) is 11.5 Å². The van der Waals surface area contributed by atoms with Gasteiger partial charge >= 0.3 is 12.2 Å². The van der Waals surface area contributed by atoms with E-state index in [1.807, 2.05) is 16.8 Å². The predicted molar refractivity (Wildman–Crippen MR) is 162 cm³/mol. The van der Waals surface area contributed by atoms with E-state index >= 15 is 0 Å². The van der Waals surface area contributed by atoms with Gasteiger partial charge in [0.1, 0.15) is 0 Å². The number of rotatable bonds is 8. The Morgan fingerprint density at radius 1 is 0.977 bits per heavy atom. The summed E-state index contributed by atoms with van der Waals surface area (Å²) in [5, 5.41) is 10.6. The number of nitrogens with one attached hydrogen (secondary N) is 2. The maximum absolute atomic E-state index is 13.0. The summed E-state index contributed by atoms with van der Waals surface area (Å²) in [6.07, 6.45) is -1.33. The van der Waals surface area contributed by atoms with E-state index in [1.54, 1.807) is 12.1 Å². The predicted octanol–water partition coefficient (Wildman–Crippen LogP) is 5.86. The molecule has 3 heterocycles. The first-order valence-electron chi connectivity index (χ1n) is 14.6. The highest BCUT2D eigenvalue weighted by atomic mass is 19.4. The number of nitrogens with two attached hydrogens (primary N) is 1. The molecule has 12 heteroatoms. The van der Waals surface area contributed by atoms with Crippen molar-refractivity contribution in [1.29, 1.82) is 0 Å². The average Bonchev–Trinajstić information content (AvgIpc) is 3.78. The van der Waals surface area contributed by atoms with Crippen LogP contribution in [0.3, 0.4) is 0 Å². The number of piperazine rings is 1. The largest absolute Gasteiger partial charge is 0.416 e. The molecular weight excluding hydrogens is 557 g/mol. The second-order valence-electron chi connectivity index (χ2n) is 11.4. The number of nitrogen functional groups attached to an aromatic ring is 1. The number of hydrogen-bond acceptors (Lipinski definition) is 6. The zero-order valence-electron chi connectivity index (χ0n) is 24.0. The van der Waals surface area contributed by atoms with Crippen LogP contribution in [-0.4, -0.2) is 70.4 Å². The second kappa shape index (κ2) is 11.8. The van der Waals surface area contributed by atoms with Crippen molar-refractivity contribution in [1.82, 2.24) is 24.6 Å². The highest BCUT2D eigenvalue weighted by Crippen LogP contribution is 2.43. The minimum Gasteiger partial charge on any atom is -0.382 e. The minimum absolute atomic E-state index is 0.0479. The molecule has 1 saturated heterocycles. The summed E-state index contributed by atoms with van der Waals surface area (Å²) >= 11 is 0. The SMILES string of the molecule is CN1CCN(CCCn2nc(N)c3c(-c4ccc(NC(=O)Nc5cccc(C(F)(F)F)c5)cc4)cc(C4CC4)nc32)CC1. The molecule has 6 rings (SSSR count). The smallest absolute Gasteiger partial charge is 0.382 e. The van der Waals surface area contributed by atoms with Gasteiger partial charge in [-0.3, -0.25) is 0 Å². The third kappa shape index (κ3) is 6.75. The summed E-state index contributed by atoms with van der Waals surface area (Å²) in [5.74, 6) is 0.862. The van der Waals surface area contributed by atoms with Crippen LogP contribution >= 0.6 is 0 Å². The molecule has 2 aromatic heterocycles. The molecule has 2 fully saturated rings. The lowest BCUT2D eigenvalue weighted by Gasteiger charge is -2.32. The van der Waals surface area contributed by atoms with E-state index in [0.717, 1.165) is 98.5 Å². The van der Waals surface area contributed by atoms with Gasteiger partial charge < -0.3 is 26.2 Å². The molecule has 0 spiro atoms. The van der Waals surface area contributed by atoms with Crippen LogP contribution in [0.5, 0.6) is 0 Å². The lowest BCUT2D eigenvalue weighted by Crippen LogP contribution is -2.44. The maximum atomic E-state index is 13.0. The zero-order chi connectivity index (χ0) is 30.1. The summed E-state index contributed by atoms with van der Waals surface area (Å²) in [6.45, 7) is 6.05. The number of urea groups is 1. The molecule has 2 aliphatic rings. The Balaban J connectivity index is 1.18. The number of pyridine rings is 1. The fraction of sp³-hybridized carbons (Fsp3) is 0.387. The van der Waals surface area contributed by atoms with E-state index < -0.39 is 17.8 Å². The lowest BCUT2D eigenvalue weighted by atomic mass is 10.0. The van der Waals surface area contributed by atoms with Crippen LogP contribution < -0.4 is 16.4 Å². The van der Waals surface area contributed by atoms with Crippen LogP contribution in [0.4, 0.5) is 35.2 Å². The molecule has 1 saturated carbocycles. The monoisotopic (exact) mass is 592 g/mol. The van der Waals surface area contributed by atoms with E-state index in [1.165, 1.54) is 12.1 Å². The summed E-state index contributed by atoms with van der Waals surface area (Å²) in [4.78, 5) is 22.3. The number of amides is 2. The van der Waals surface area contributed by atoms with Crippen LogP contribution in [0, 0.1) is 0 Å². The Labute approximate surface area is 247 Å². The Morgan fingerprint density at radius 3 is 2.40 bits per heavy atom. The third-order valence-electron chi connectivity index (χ3n) is 8.09. The molecule has 226 valence electrons. The molecule has 1 aliphatic carbocycles. The fourth-order valence-corrected chi connectivity index (χ4v) is 5.50. The van der Waals surface area contributed by atoms with Crippen molar-refractivity contribution in [2.24, 2.45) is 0 Å². The molecule has 1 aliphatic heterocycles. The van der Waals surface area contributed by atoms with Gasteiger partial charge in [-0.2, -0.15) is 18.3 Å². The Hall–Kier alpha value is -4.16. The zero-order valence-corrected chi connectivity index (χ0v) is 24.0. The standard InChI is InChI=1S/C31H35F3N8O/c1-40-14-16-41(17-15-40)12-3-13-42-29-27(28(35)39-42)25(19-26(38-29)21-6-7-21)20-8-10-23(11-9-20)36-30(43)37-24-5-2-4-22(18-24)31(32,33)34/h2,4-5,8-11,18-19,21H,3,6-7,12-17H2,1H3,(H2,35,39)(H2,36,37,43). The second-order valence-corrected chi connectivity index (χ2v) is 11.4. The number of halogens is 3. The van der Waals surface area contributed by atoms with Gasteiger partial charge in [-0.1, -0.05) is 18.2 Å².